The van der Waals surface area contributed by atoms with Gasteiger partial charge in [-0.05, 0) is 78.2 Å². The molecule has 0 aromatic heterocycles. The van der Waals surface area contributed by atoms with Gasteiger partial charge in [0.05, 0.1) is 10.6 Å². The molecular weight excluding hydrogens is 566 g/mol. The highest BCUT2D eigenvalue weighted by atomic mass is 35.5. The van der Waals surface area contributed by atoms with Crippen molar-refractivity contribution < 1.29 is 18.0 Å². The Morgan fingerprint density at radius 2 is 1.52 bits per heavy atom. The standard InChI is InChI=1S/C30H26ClN3O4S2/c31-24-10-12-26(13-11-24)33-40(37,38)27-16-14-25(15-17-27)32-29(36)22-6-8-23(9-7-22)30-34(28(35)20-39-30)19-18-21-4-2-1-3-5-21/h1-17,30,33H,18-20H2,(H,32,36)/t30-/m0/s1. The molecular formula is C30H26ClN3O4S2. The van der Waals surface area contributed by atoms with Gasteiger partial charge < -0.3 is 10.2 Å². The van der Waals surface area contributed by atoms with Crippen molar-refractivity contribution >= 4 is 56.6 Å². The molecule has 1 atom stereocenters. The highest BCUT2D eigenvalue weighted by Crippen LogP contribution is 2.38. The Morgan fingerprint density at radius 3 is 2.20 bits per heavy atom. The maximum atomic E-state index is 12.9. The summed E-state index contributed by atoms with van der Waals surface area (Å²) in [6.45, 7) is 0.629. The molecule has 0 aliphatic carbocycles. The van der Waals surface area contributed by atoms with Crippen molar-refractivity contribution in [1.82, 2.24) is 4.90 Å². The van der Waals surface area contributed by atoms with Gasteiger partial charge in [-0.2, -0.15) is 0 Å². The summed E-state index contributed by atoms with van der Waals surface area (Å²) in [6, 6.07) is 29.6. The third-order valence-corrected chi connectivity index (χ3v) is 9.33. The number of carbonyl (C=O) groups excluding carboxylic acids is 2. The van der Waals surface area contributed by atoms with Crippen molar-refractivity contribution in [3.8, 4) is 0 Å². The molecule has 40 heavy (non-hydrogen) atoms. The summed E-state index contributed by atoms with van der Waals surface area (Å²) in [4.78, 5) is 27.3. The van der Waals surface area contributed by atoms with Crippen LogP contribution in [-0.4, -0.2) is 37.4 Å². The average molecular weight is 592 g/mol. The first-order chi connectivity index (χ1) is 19.3. The highest BCUT2D eigenvalue weighted by Gasteiger charge is 2.32. The van der Waals surface area contributed by atoms with Crippen LogP contribution in [0.15, 0.2) is 108 Å². The molecule has 4 aromatic rings. The monoisotopic (exact) mass is 591 g/mol. The SMILES string of the molecule is O=C(Nc1ccc(S(=O)(=O)Nc2ccc(Cl)cc2)cc1)c1ccc([C@@H]2SCC(=O)N2CCc2ccccc2)cc1. The molecule has 1 aliphatic rings. The molecule has 2 N–H and O–H groups in total. The van der Waals surface area contributed by atoms with Crippen LogP contribution in [-0.2, 0) is 21.2 Å². The molecule has 1 heterocycles. The van der Waals surface area contributed by atoms with E-state index in [1.807, 2.05) is 35.2 Å². The largest absolute Gasteiger partial charge is 0.326 e. The lowest BCUT2D eigenvalue weighted by Gasteiger charge is -2.24. The predicted molar refractivity (Wildman–Crippen MR) is 160 cm³/mol. The summed E-state index contributed by atoms with van der Waals surface area (Å²) in [5.74, 6) is 0.224. The lowest BCUT2D eigenvalue weighted by Crippen LogP contribution is -2.30. The van der Waals surface area contributed by atoms with Crippen LogP contribution < -0.4 is 10.0 Å². The third kappa shape index (κ3) is 6.67. The van der Waals surface area contributed by atoms with E-state index in [0.717, 1.165) is 12.0 Å². The highest BCUT2D eigenvalue weighted by molar-refractivity contribution is 8.00. The summed E-state index contributed by atoms with van der Waals surface area (Å²) < 4.78 is 27.9. The van der Waals surface area contributed by atoms with Crippen LogP contribution in [0.5, 0.6) is 0 Å². The first kappa shape index (κ1) is 27.8. The number of sulfonamides is 1. The zero-order valence-electron chi connectivity index (χ0n) is 21.3. The molecule has 0 spiro atoms. The van der Waals surface area contributed by atoms with E-state index in [9.17, 15) is 18.0 Å². The number of rotatable bonds is 9. The number of thioether (sulfide) groups is 1. The number of halogens is 1. The summed E-state index contributed by atoms with van der Waals surface area (Å²) in [5.41, 5.74) is 3.45. The summed E-state index contributed by atoms with van der Waals surface area (Å²) >= 11 is 7.44. The molecule has 0 saturated carbocycles. The van der Waals surface area contributed by atoms with Gasteiger partial charge in [-0.1, -0.05) is 54.1 Å². The van der Waals surface area contributed by atoms with Crippen molar-refractivity contribution in [3.63, 3.8) is 0 Å². The van der Waals surface area contributed by atoms with Gasteiger partial charge in [0, 0.05) is 28.5 Å². The van der Waals surface area contributed by atoms with Crippen molar-refractivity contribution in [1.29, 1.82) is 0 Å². The quantitative estimate of drug-likeness (QED) is 0.241. The number of benzene rings is 4. The van der Waals surface area contributed by atoms with E-state index >= 15 is 0 Å². The Labute approximate surface area is 242 Å². The van der Waals surface area contributed by atoms with Gasteiger partial charge in [0.15, 0.2) is 0 Å². The molecule has 10 heteroatoms. The fourth-order valence-electron chi connectivity index (χ4n) is 4.32. The van der Waals surface area contributed by atoms with E-state index in [1.165, 1.54) is 29.8 Å². The average Bonchev–Trinajstić information content (AvgIpc) is 3.34. The molecule has 1 aliphatic heterocycles. The fourth-order valence-corrected chi connectivity index (χ4v) is 6.72. The minimum atomic E-state index is -3.80. The van der Waals surface area contributed by atoms with Gasteiger partial charge in [-0.3, -0.25) is 14.3 Å². The Morgan fingerprint density at radius 1 is 0.875 bits per heavy atom. The van der Waals surface area contributed by atoms with Crippen LogP contribution in [0.1, 0.15) is 26.9 Å². The number of carbonyl (C=O) groups is 2. The van der Waals surface area contributed by atoms with Gasteiger partial charge in [0.25, 0.3) is 15.9 Å². The number of hydrogen-bond acceptors (Lipinski definition) is 5. The van der Waals surface area contributed by atoms with Crippen LogP contribution in [0.3, 0.4) is 0 Å². The molecule has 1 saturated heterocycles. The van der Waals surface area contributed by atoms with Crippen LogP contribution in [0.25, 0.3) is 0 Å². The molecule has 0 bridgehead atoms. The lowest BCUT2D eigenvalue weighted by molar-refractivity contribution is -0.128. The van der Waals surface area contributed by atoms with Crippen molar-refractivity contribution in [2.45, 2.75) is 16.7 Å². The number of anilines is 2. The molecule has 2 amide bonds. The number of amides is 2. The molecule has 4 aromatic carbocycles. The Hall–Kier alpha value is -3.79. The zero-order valence-corrected chi connectivity index (χ0v) is 23.7. The molecule has 0 radical (unpaired) electrons. The van der Waals surface area contributed by atoms with Gasteiger partial charge in [-0.15, -0.1) is 11.8 Å². The Bertz CT molecular complexity index is 1600. The number of nitrogens with one attached hydrogen (secondary N) is 2. The van der Waals surface area contributed by atoms with Crippen molar-refractivity contribution in [2.24, 2.45) is 0 Å². The minimum absolute atomic E-state index is 0.0604. The van der Waals surface area contributed by atoms with Crippen molar-refractivity contribution in [3.05, 3.63) is 125 Å². The zero-order chi connectivity index (χ0) is 28.1. The second-order valence-corrected chi connectivity index (χ2v) is 12.4. The van der Waals surface area contributed by atoms with E-state index < -0.39 is 10.0 Å². The molecule has 1 fully saturated rings. The van der Waals surface area contributed by atoms with Crippen molar-refractivity contribution in [2.75, 3.05) is 22.3 Å². The summed E-state index contributed by atoms with van der Waals surface area (Å²) in [5, 5.41) is 3.21. The molecule has 5 rings (SSSR count). The van der Waals surface area contributed by atoms with E-state index in [1.54, 1.807) is 48.2 Å². The maximum absolute atomic E-state index is 12.9. The van der Waals surface area contributed by atoms with Gasteiger partial charge >= 0.3 is 0 Å². The summed E-state index contributed by atoms with van der Waals surface area (Å²) in [7, 11) is -3.80. The lowest BCUT2D eigenvalue weighted by atomic mass is 10.1. The predicted octanol–water partition coefficient (Wildman–Crippen LogP) is 6.21. The van der Waals surface area contributed by atoms with Gasteiger partial charge in [0.2, 0.25) is 5.91 Å². The number of hydrogen-bond donors (Lipinski definition) is 2. The molecule has 7 nitrogen and oxygen atoms in total. The first-order valence-electron chi connectivity index (χ1n) is 12.5. The second-order valence-electron chi connectivity index (χ2n) is 9.20. The second kappa shape index (κ2) is 12.2. The number of nitrogens with zero attached hydrogens (tertiary/aromatic N) is 1. The van der Waals surface area contributed by atoms with Crippen LogP contribution in [0.2, 0.25) is 5.02 Å². The van der Waals surface area contributed by atoms with E-state index in [2.05, 4.69) is 22.2 Å². The third-order valence-electron chi connectivity index (χ3n) is 6.43. The van der Waals surface area contributed by atoms with Crippen LogP contribution >= 0.6 is 23.4 Å². The van der Waals surface area contributed by atoms with E-state index in [-0.39, 0.29) is 22.1 Å². The fraction of sp³-hybridized carbons (Fsp3) is 0.133. The maximum Gasteiger partial charge on any atom is 0.261 e. The Balaban J connectivity index is 1.20. The normalized spacial score (nSPS) is 15.2. The summed E-state index contributed by atoms with van der Waals surface area (Å²) in [6.07, 6.45) is 0.779. The van der Waals surface area contributed by atoms with Gasteiger partial charge in [0.1, 0.15) is 5.37 Å². The first-order valence-corrected chi connectivity index (χ1v) is 15.4. The van der Waals surface area contributed by atoms with E-state index in [4.69, 9.17) is 11.6 Å². The minimum Gasteiger partial charge on any atom is -0.326 e. The molecule has 0 unspecified atom stereocenters. The van der Waals surface area contributed by atoms with Crippen LogP contribution in [0, 0.1) is 0 Å². The van der Waals surface area contributed by atoms with E-state index in [0.29, 0.717) is 34.3 Å². The topological polar surface area (TPSA) is 95.6 Å². The van der Waals surface area contributed by atoms with Gasteiger partial charge in [-0.25, -0.2) is 8.42 Å². The van der Waals surface area contributed by atoms with Crippen LogP contribution in [0.4, 0.5) is 11.4 Å². The smallest absolute Gasteiger partial charge is 0.261 e. The Kier molecular flexibility index (Phi) is 8.44. The molecule has 204 valence electrons.